The van der Waals surface area contributed by atoms with Crippen molar-refractivity contribution in [3.63, 3.8) is 0 Å². The predicted molar refractivity (Wildman–Crippen MR) is 56.8 cm³/mol. The smallest absolute Gasteiger partial charge is 0.364 e. The maximum atomic E-state index is 12.8. The summed E-state index contributed by atoms with van der Waals surface area (Å²) in [5, 5.41) is 3.57. The number of rotatable bonds is 2. The van der Waals surface area contributed by atoms with Crippen molar-refractivity contribution in [1.82, 2.24) is 10.1 Å². The summed E-state index contributed by atoms with van der Waals surface area (Å²) in [7, 11) is 0. The van der Waals surface area contributed by atoms with Gasteiger partial charge in [0.25, 0.3) is 0 Å². The second kappa shape index (κ2) is 4.89. The highest BCUT2D eigenvalue weighted by atomic mass is 19.4. The lowest BCUT2D eigenvalue weighted by molar-refractivity contribution is -0.269. The van der Waals surface area contributed by atoms with Crippen LogP contribution in [0.15, 0.2) is 16.8 Å². The van der Waals surface area contributed by atoms with E-state index in [0.717, 1.165) is 6.92 Å². The summed E-state index contributed by atoms with van der Waals surface area (Å²) < 4.78 is 48.4. The molecule has 0 N–H and O–H groups in total. The highest BCUT2D eigenvalue weighted by molar-refractivity contribution is 4.94. The van der Waals surface area contributed by atoms with Crippen LogP contribution in [0.3, 0.4) is 0 Å². The Labute approximate surface area is 103 Å². The van der Waals surface area contributed by atoms with E-state index in [9.17, 15) is 13.2 Å². The van der Waals surface area contributed by atoms with E-state index in [1.807, 2.05) is 4.90 Å². The molecule has 102 valence electrons. The first-order chi connectivity index (χ1) is 8.41. The standard InChI is InChI=1S/C11H15F3N2O2/c1-10(11(12,13)14)3-5-16(6-7-17-10)8-9-2-4-15-18-9/h2,4H,3,5-8H2,1H3. The number of alkyl halides is 3. The lowest BCUT2D eigenvalue weighted by atomic mass is 10.0. The normalized spacial score (nSPS) is 27.1. The van der Waals surface area contributed by atoms with Crippen LogP contribution in [-0.4, -0.2) is 41.5 Å². The third kappa shape index (κ3) is 2.84. The summed E-state index contributed by atoms with van der Waals surface area (Å²) in [6.45, 7) is 2.38. The molecular weight excluding hydrogens is 249 g/mol. The van der Waals surface area contributed by atoms with Gasteiger partial charge in [0.2, 0.25) is 0 Å². The van der Waals surface area contributed by atoms with E-state index in [1.165, 1.54) is 6.20 Å². The summed E-state index contributed by atoms with van der Waals surface area (Å²) >= 11 is 0. The third-order valence-electron chi connectivity index (χ3n) is 3.20. The van der Waals surface area contributed by atoms with Gasteiger partial charge in [-0.05, 0) is 13.3 Å². The monoisotopic (exact) mass is 264 g/mol. The lowest BCUT2D eigenvalue weighted by Gasteiger charge is -2.30. The molecule has 1 aliphatic heterocycles. The minimum Gasteiger partial charge on any atom is -0.364 e. The molecule has 0 amide bonds. The minimum atomic E-state index is -4.34. The lowest BCUT2D eigenvalue weighted by Crippen LogP contribution is -2.45. The molecule has 0 aromatic carbocycles. The molecule has 2 heterocycles. The van der Waals surface area contributed by atoms with Gasteiger partial charge in [-0.3, -0.25) is 4.90 Å². The fourth-order valence-electron chi connectivity index (χ4n) is 1.88. The van der Waals surface area contributed by atoms with Gasteiger partial charge in [0.05, 0.1) is 19.3 Å². The van der Waals surface area contributed by atoms with Gasteiger partial charge >= 0.3 is 6.18 Å². The van der Waals surface area contributed by atoms with Crippen LogP contribution in [0.2, 0.25) is 0 Å². The van der Waals surface area contributed by atoms with Gasteiger partial charge in [0.1, 0.15) is 0 Å². The maximum absolute atomic E-state index is 12.8. The summed E-state index contributed by atoms with van der Waals surface area (Å²) in [6, 6.07) is 1.70. The zero-order valence-electron chi connectivity index (χ0n) is 10.0. The first-order valence-electron chi connectivity index (χ1n) is 5.73. The van der Waals surface area contributed by atoms with E-state index in [0.29, 0.717) is 25.4 Å². The largest absolute Gasteiger partial charge is 0.417 e. The summed E-state index contributed by atoms with van der Waals surface area (Å²) in [4.78, 5) is 1.87. The Morgan fingerprint density at radius 2 is 2.22 bits per heavy atom. The number of hydrogen-bond donors (Lipinski definition) is 0. The molecule has 0 saturated carbocycles. The van der Waals surface area contributed by atoms with Crippen molar-refractivity contribution in [3.8, 4) is 0 Å². The number of hydrogen-bond acceptors (Lipinski definition) is 4. The molecule has 1 aliphatic rings. The zero-order valence-corrected chi connectivity index (χ0v) is 10.0. The quantitative estimate of drug-likeness (QED) is 0.821. The summed E-state index contributed by atoms with van der Waals surface area (Å²) in [6.07, 6.45) is -2.90. The van der Waals surface area contributed by atoms with Gasteiger partial charge in [0.15, 0.2) is 11.4 Å². The summed E-state index contributed by atoms with van der Waals surface area (Å²) in [5.74, 6) is 0.644. The van der Waals surface area contributed by atoms with Crippen molar-refractivity contribution in [1.29, 1.82) is 0 Å². The topological polar surface area (TPSA) is 38.5 Å². The molecule has 1 unspecified atom stereocenters. The van der Waals surface area contributed by atoms with E-state index >= 15 is 0 Å². The summed E-state index contributed by atoms with van der Waals surface area (Å²) in [5.41, 5.74) is -2.05. The molecule has 0 radical (unpaired) electrons. The first-order valence-corrected chi connectivity index (χ1v) is 5.73. The average molecular weight is 264 g/mol. The van der Waals surface area contributed by atoms with Gasteiger partial charge in [0, 0.05) is 19.2 Å². The van der Waals surface area contributed by atoms with Crippen LogP contribution in [-0.2, 0) is 11.3 Å². The molecule has 18 heavy (non-hydrogen) atoms. The van der Waals surface area contributed by atoms with E-state index in [4.69, 9.17) is 9.26 Å². The van der Waals surface area contributed by atoms with Gasteiger partial charge in [-0.25, -0.2) is 0 Å². The predicted octanol–water partition coefficient (Wildman–Crippen LogP) is 2.22. The van der Waals surface area contributed by atoms with E-state index in [2.05, 4.69) is 5.16 Å². The molecule has 1 atom stereocenters. The van der Waals surface area contributed by atoms with E-state index < -0.39 is 11.8 Å². The molecule has 0 spiro atoms. The van der Waals surface area contributed by atoms with Crippen molar-refractivity contribution < 1.29 is 22.4 Å². The molecule has 2 rings (SSSR count). The SMILES string of the molecule is CC1(C(F)(F)F)CCN(Cc2ccno2)CCO1. The van der Waals surface area contributed by atoms with Gasteiger partial charge in [-0.1, -0.05) is 5.16 Å². The van der Waals surface area contributed by atoms with Crippen LogP contribution < -0.4 is 0 Å². The molecule has 1 aromatic heterocycles. The van der Waals surface area contributed by atoms with E-state index in [1.54, 1.807) is 6.07 Å². The Bertz CT molecular complexity index is 380. The molecule has 0 aliphatic carbocycles. The maximum Gasteiger partial charge on any atom is 0.417 e. The highest BCUT2D eigenvalue weighted by Crippen LogP contribution is 2.37. The number of nitrogens with zero attached hydrogens (tertiary/aromatic N) is 2. The Morgan fingerprint density at radius 1 is 1.44 bits per heavy atom. The molecule has 1 aromatic rings. The third-order valence-corrected chi connectivity index (χ3v) is 3.20. The van der Waals surface area contributed by atoms with Crippen LogP contribution in [0.4, 0.5) is 13.2 Å². The van der Waals surface area contributed by atoms with Gasteiger partial charge < -0.3 is 9.26 Å². The Kier molecular flexibility index (Phi) is 3.63. The Morgan fingerprint density at radius 3 is 2.83 bits per heavy atom. The van der Waals surface area contributed by atoms with Gasteiger partial charge in [-0.15, -0.1) is 0 Å². The van der Waals surface area contributed by atoms with Crippen LogP contribution in [0.1, 0.15) is 19.1 Å². The van der Waals surface area contributed by atoms with Crippen LogP contribution in [0.25, 0.3) is 0 Å². The number of halogens is 3. The molecule has 0 bridgehead atoms. The van der Waals surface area contributed by atoms with Crippen LogP contribution in [0, 0.1) is 0 Å². The highest BCUT2D eigenvalue weighted by Gasteiger charge is 2.52. The van der Waals surface area contributed by atoms with Crippen LogP contribution >= 0.6 is 0 Å². The Hall–Kier alpha value is -1.08. The Balaban J connectivity index is 1.96. The van der Waals surface area contributed by atoms with Gasteiger partial charge in [-0.2, -0.15) is 13.2 Å². The minimum absolute atomic E-state index is 0.0597. The molecule has 7 heteroatoms. The molecule has 4 nitrogen and oxygen atoms in total. The fraction of sp³-hybridized carbons (Fsp3) is 0.727. The van der Waals surface area contributed by atoms with Crippen molar-refractivity contribution in [2.45, 2.75) is 31.7 Å². The fourth-order valence-corrected chi connectivity index (χ4v) is 1.88. The first kappa shape index (κ1) is 13.4. The molecule has 1 saturated heterocycles. The average Bonchev–Trinajstić information content (AvgIpc) is 2.69. The van der Waals surface area contributed by atoms with Crippen molar-refractivity contribution >= 4 is 0 Å². The van der Waals surface area contributed by atoms with Crippen molar-refractivity contribution in [2.24, 2.45) is 0 Å². The second-order valence-corrected chi connectivity index (χ2v) is 4.58. The van der Waals surface area contributed by atoms with Crippen LogP contribution in [0.5, 0.6) is 0 Å². The zero-order chi connectivity index (χ0) is 13.2. The number of ether oxygens (including phenoxy) is 1. The molecule has 1 fully saturated rings. The second-order valence-electron chi connectivity index (χ2n) is 4.58. The number of aromatic nitrogens is 1. The van der Waals surface area contributed by atoms with Crippen molar-refractivity contribution in [3.05, 3.63) is 18.0 Å². The van der Waals surface area contributed by atoms with Crippen molar-refractivity contribution in [2.75, 3.05) is 19.7 Å². The van der Waals surface area contributed by atoms with E-state index in [-0.39, 0.29) is 13.0 Å². The molecular formula is C11H15F3N2O2.